The second-order valence-corrected chi connectivity index (χ2v) is 5.72. The van der Waals surface area contributed by atoms with Crippen LogP contribution in [-0.4, -0.2) is 17.3 Å². The van der Waals surface area contributed by atoms with Crippen molar-refractivity contribution < 1.29 is 5.11 Å². The molecule has 1 fully saturated rings. The Morgan fingerprint density at radius 3 is 2.55 bits per heavy atom. The number of aliphatic hydroxyl groups is 1. The average Bonchev–Trinajstić information content (AvgIpc) is 2.49. The summed E-state index contributed by atoms with van der Waals surface area (Å²) >= 11 is 0. The number of azide groups is 1. The van der Waals surface area contributed by atoms with E-state index in [9.17, 15) is 5.11 Å². The van der Waals surface area contributed by atoms with Crippen molar-refractivity contribution in [3.63, 3.8) is 0 Å². The molecule has 1 unspecified atom stereocenters. The molecule has 1 aliphatic rings. The molecule has 0 heterocycles. The number of aliphatic hydroxyl groups excluding tert-OH is 1. The van der Waals surface area contributed by atoms with Crippen molar-refractivity contribution >= 4 is 0 Å². The maximum Gasteiger partial charge on any atom is 0.0568 e. The van der Waals surface area contributed by atoms with Gasteiger partial charge in [-0.2, -0.15) is 0 Å². The minimum atomic E-state index is -0.203. The lowest BCUT2D eigenvalue weighted by Gasteiger charge is -2.29. The molecule has 1 atom stereocenters. The van der Waals surface area contributed by atoms with Gasteiger partial charge in [0.15, 0.2) is 0 Å². The van der Waals surface area contributed by atoms with Crippen LogP contribution in [0.3, 0.4) is 0 Å². The summed E-state index contributed by atoms with van der Waals surface area (Å²) in [5, 5.41) is 14.0. The van der Waals surface area contributed by atoms with Gasteiger partial charge in [-0.3, -0.25) is 0 Å². The second-order valence-electron chi connectivity index (χ2n) is 5.72. The number of benzene rings is 1. The molecule has 1 saturated carbocycles. The first-order chi connectivity index (χ1) is 9.79. The first-order valence-corrected chi connectivity index (χ1v) is 7.56. The fourth-order valence-corrected chi connectivity index (χ4v) is 3.07. The van der Waals surface area contributed by atoms with Crippen LogP contribution in [0.25, 0.3) is 10.4 Å². The van der Waals surface area contributed by atoms with Crippen molar-refractivity contribution in [3.05, 3.63) is 46.3 Å². The molecule has 108 valence electrons. The van der Waals surface area contributed by atoms with E-state index >= 15 is 0 Å². The summed E-state index contributed by atoms with van der Waals surface area (Å²) in [4.78, 5) is 2.87. The van der Waals surface area contributed by atoms with Crippen LogP contribution < -0.4 is 0 Å². The standard InChI is InChI=1S/C16H23N3O/c17-19-18-15-11-9-14(10-12-15)16(20)8-4-7-13-5-2-1-3-6-13/h1-3,5-6,14-16,20H,4,7-12H2. The van der Waals surface area contributed by atoms with Crippen LogP contribution in [0.1, 0.15) is 44.1 Å². The number of aryl methyl sites for hydroxylation is 1. The van der Waals surface area contributed by atoms with Gasteiger partial charge in [0.1, 0.15) is 0 Å². The molecular weight excluding hydrogens is 250 g/mol. The molecule has 1 aromatic carbocycles. The van der Waals surface area contributed by atoms with Crippen molar-refractivity contribution in [2.45, 2.75) is 57.1 Å². The third-order valence-electron chi connectivity index (χ3n) is 4.31. The quantitative estimate of drug-likeness (QED) is 0.470. The van der Waals surface area contributed by atoms with Gasteiger partial charge >= 0.3 is 0 Å². The first kappa shape index (κ1) is 14.9. The maximum absolute atomic E-state index is 10.3. The highest BCUT2D eigenvalue weighted by Crippen LogP contribution is 2.30. The van der Waals surface area contributed by atoms with Crippen molar-refractivity contribution in [3.8, 4) is 0 Å². The molecule has 0 spiro atoms. The molecule has 0 saturated heterocycles. The highest BCUT2D eigenvalue weighted by atomic mass is 16.3. The zero-order chi connectivity index (χ0) is 14.2. The van der Waals surface area contributed by atoms with Crippen LogP contribution >= 0.6 is 0 Å². The molecule has 0 amide bonds. The van der Waals surface area contributed by atoms with Crippen LogP contribution in [0, 0.1) is 5.92 Å². The average molecular weight is 273 g/mol. The molecule has 0 aliphatic heterocycles. The zero-order valence-corrected chi connectivity index (χ0v) is 11.9. The summed E-state index contributed by atoms with van der Waals surface area (Å²) in [5.41, 5.74) is 9.77. The Hall–Kier alpha value is -1.51. The van der Waals surface area contributed by atoms with Crippen LogP contribution in [0.15, 0.2) is 35.4 Å². The summed E-state index contributed by atoms with van der Waals surface area (Å²) in [6.07, 6.45) is 6.53. The summed E-state index contributed by atoms with van der Waals surface area (Å²) in [6.45, 7) is 0. The Morgan fingerprint density at radius 1 is 1.20 bits per heavy atom. The monoisotopic (exact) mass is 273 g/mol. The van der Waals surface area contributed by atoms with Crippen LogP contribution in [0.5, 0.6) is 0 Å². The fourth-order valence-electron chi connectivity index (χ4n) is 3.07. The first-order valence-electron chi connectivity index (χ1n) is 7.56. The lowest BCUT2D eigenvalue weighted by Crippen LogP contribution is -2.27. The van der Waals surface area contributed by atoms with Crippen molar-refractivity contribution in [2.75, 3.05) is 0 Å². The van der Waals surface area contributed by atoms with Gasteiger partial charge in [-0.15, -0.1) is 0 Å². The molecule has 20 heavy (non-hydrogen) atoms. The van der Waals surface area contributed by atoms with Gasteiger partial charge in [0.25, 0.3) is 0 Å². The molecule has 1 aliphatic carbocycles. The molecule has 0 aromatic heterocycles. The Labute approximate surface area is 120 Å². The fraction of sp³-hybridized carbons (Fsp3) is 0.625. The minimum absolute atomic E-state index is 0.146. The highest BCUT2D eigenvalue weighted by Gasteiger charge is 2.25. The number of nitrogens with zero attached hydrogens (tertiary/aromatic N) is 3. The van der Waals surface area contributed by atoms with Crippen LogP contribution in [-0.2, 0) is 6.42 Å². The van der Waals surface area contributed by atoms with E-state index in [4.69, 9.17) is 5.53 Å². The molecular formula is C16H23N3O. The Bertz CT molecular complexity index is 434. The van der Waals surface area contributed by atoms with E-state index in [1.165, 1.54) is 5.56 Å². The Balaban J connectivity index is 1.68. The SMILES string of the molecule is [N-]=[N+]=NC1CCC(C(O)CCCc2ccccc2)CC1. The van der Waals surface area contributed by atoms with Gasteiger partial charge in [0.05, 0.1) is 6.10 Å². The van der Waals surface area contributed by atoms with E-state index in [1.54, 1.807) is 0 Å². The summed E-state index contributed by atoms with van der Waals surface area (Å²) in [7, 11) is 0. The summed E-state index contributed by atoms with van der Waals surface area (Å²) in [6, 6.07) is 10.6. The topological polar surface area (TPSA) is 69.0 Å². The predicted molar refractivity (Wildman–Crippen MR) is 80.3 cm³/mol. The smallest absolute Gasteiger partial charge is 0.0568 e. The third-order valence-corrected chi connectivity index (χ3v) is 4.31. The Kier molecular flexibility index (Phi) is 5.90. The number of hydrogen-bond acceptors (Lipinski definition) is 2. The third kappa shape index (κ3) is 4.55. The van der Waals surface area contributed by atoms with E-state index in [1.807, 2.05) is 6.07 Å². The van der Waals surface area contributed by atoms with Crippen LogP contribution in [0.4, 0.5) is 0 Å². The molecule has 1 aromatic rings. The van der Waals surface area contributed by atoms with E-state index in [0.29, 0.717) is 5.92 Å². The number of rotatable bonds is 6. The van der Waals surface area contributed by atoms with Gasteiger partial charge in [0, 0.05) is 11.0 Å². The van der Waals surface area contributed by atoms with E-state index in [2.05, 4.69) is 34.3 Å². The predicted octanol–water partition coefficient (Wildman–Crippen LogP) is 4.24. The maximum atomic E-state index is 10.3. The zero-order valence-electron chi connectivity index (χ0n) is 11.9. The van der Waals surface area contributed by atoms with Crippen LogP contribution in [0.2, 0.25) is 0 Å². The molecule has 0 radical (unpaired) electrons. The normalized spacial score (nSPS) is 23.9. The lowest BCUT2D eigenvalue weighted by molar-refractivity contribution is 0.0724. The van der Waals surface area contributed by atoms with E-state index in [0.717, 1.165) is 44.9 Å². The van der Waals surface area contributed by atoms with Gasteiger partial charge < -0.3 is 5.11 Å². The summed E-state index contributed by atoms with van der Waals surface area (Å²) in [5.74, 6) is 0.385. The van der Waals surface area contributed by atoms with E-state index in [-0.39, 0.29) is 12.1 Å². The van der Waals surface area contributed by atoms with Gasteiger partial charge in [0.2, 0.25) is 0 Å². The summed E-state index contributed by atoms with van der Waals surface area (Å²) < 4.78 is 0. The van der Waals surface area contributed by atoms with Gasteiger partial charge in [-0.25, -0.2) is 0 Å². The molecule has 1 N–H and O–H groups in total. The molecule has 4 heteroatoms. The second kappa shape index (κ2) is 7.93. The van der Waals surface area contributed by atoms with Crippen molar-refractivity contribution in [1.82, 2.24) is 0 Å². The highest BCUT2D eigenvalue weighted by molar-refractivity contribution is 5.14. The number of hydrogen-bond donors (Lipinski definition) is 1. The largest absolute Gasteiger partial charge is 0.393 e. The van der Waals surface area contributed by atoms with Crippen molar-refractivity contribution in [2.24, 2.45) is 11.0 Å². The van der Waals surface area contributed by atoms with Gasteiger partial charge in [-0.1, -0.05) is 35.4 Å². The molecule has 4 nitrogen and oxygen atoms in total. The van der Waals surface area contributed by atoms with Gasteiger partial charge in [-0.05, 0) is 62.0 Å². The van der Waals surface area contributed by atoms with E-state index < -0.39 is 0 Å². The lowest BCUT2D eigenvalue weighted by atomic mass is 9.81. The molecule has 0 bridgehead atoms. The Morgan fingerprint density at radius 2 is 1.90 bits per heavy atom. The van der Waals surface area contributed by atoms with Crippen molar-refractivity contribution in [1.29, 1.82) is 0 Å². The minimum Gasteiger partial charge on any atom is -0.393 e. The molecule has 2 rings (SSSR count).